The Labute approximate surface area is 193 Å². The van der Waals surface area contributed by atoms with Gasteiger partial charge in [0.2, 0.25) is 0 Å². The fourth-order valence-corrected chi connectivity index (χ4v) is 5.74. The zero-order valence-electron chi connectivity index (χ0n) is 18.1. The van der Waals surface area contributed by atoms with Gasteiger partial charge in [-0.15, -0.1) is 0 Å². The minimum atomic E-state index is -4.05. The summed E-state index contributed by atoms with van der Waals surface area (Å²) in [6.45, 7) is 2.19. The molecule has 0 radical (unpaired) electrons. The number of carbonyl (C=O) groups excluding carboxylic acids is 1. The molecule has 2 aromatic carbocycles. The molecule has 2 aromatic rings. The van der Waals surface area contributed by atoms with Gasteiger partial charge >= 0.3 is 0 Å². The number of carbonyl (C=O) groups is 1. The highest BCUT2D eigenvalue weighted by atomic mass is 35.5. The highest BCUT2D eigenvalue weighted by Crippen LogP contribution is 2.34. The normalized spacial score (nSPS) is 19.9. The first-order valence-electron chi connectivity index (χ1n) is 10.6. The molecule has 3 unspecified atom stereocenters. The molecule has 6 nitrogen and oxygen atoms in total. The van der Waals surface area contributed by atoms with Crippen LogP contribution in [0, 0.1) is 0 Å². The average molecular weight is 483 g/mol. The van der Waals surface area contributed by atoms with Crippen molar-refractivity contribution in [3.05, 3.63) is 59.1 Å². The van der Waals surface area contributed by atoms with E-state index in [1.807, 2.05) is 6.92 Å². The molecule has 0 aliphatic heterocycles. The van der Waals surface area contributed by atoms with Crippen molar-refractivity contribution in [3.8, 4) is 0 Å². The van der Waals surface area contributed by atoms with E-state index >= 15 is 0 Å². The van der Waals surface area contributed by atoms with Crippen molar-refractivity contribution in [1.82, 2.24) is 5.32 Å². The van der Waals surface area contributed by atoms with Crippen molar-refractivity contribution >= 4 is 33.2 Å². The van der Waals surface area contributed by atoms with Gasteiger partial charge < -0.3 is 10.1 Å². The Hall–Kier alpha value is -2.16. The lowest BCUT2D eigenvalue weighted by atomic mass is 9.93. The van der Waals surface area contributed by atoms with Crippen molar-refractivity contribution in [3.63, 3.8) is 0 Å². The first-order valence-corrected chi connectivity index (χ1v) is 12.4. The van der Waals surface area contributed by atoms with Crippen molar-refractivity contribution in [2.45, 2.75) is 55.8 Å². The molecule has 9 heteroatoms. The Morgan fingerprint density at radius 2 is 1.78 bits per heavy atom. The number of nitrogens with one attached hydrogen (secondary N) is 1. The van der Waals surface area contributed by atoms with Crippen molar-refractivity contribution in [2.75, 3.05) is 18.0 Å². The molecule has 0 saturated heterocycles. The Bertz CT molecular complexity index is 1020. The molecule has 0 bridgehead atoms. The molecule has 0 spiro atoms. The van der Waals surface area contributed by atoms with Crippen LogP contribution in [0.3, 0.4) is 0 Å². The average Bonchev–Trinajstić information content (AvgIpc) is 2.76. The predicted molar refractivity (Wildman–Crippen MR) is 124 cm³/mol. The number of alkyl halides is 1. The standard InChI is InChI=1S/C23H28ClFN2O4S/c1-16(15-31-2)26-23(28)17-7-11-19(12-8-17)27(22-6-4-3-5-21(22)25)32(29,30)20-13-9-18(24)10-14-20/h7-14,16,21-22H,3-6,15H2,1-2H3,(H,26,28). The van der Waals surface area contributed by atoms with Crippen molar-refractivity contribution in [2.24, 2.45) is 0 Å². The maximum Gasteiger partial charge on any atom is 0.264 e. The number of methoxy groups -OCH3 is 1. The number of halogens is 2. The van der Waals surface area contributed by atoms with Crippen LogP contribution in [-0.4, -0.2) is 46.3 Å². The third kappa shape index (κ3) is 5.60. The van der Waals surface area contributed by atoms with Gasteiger partial charge in [-0.25, -0.2) is 12.8 Å². The Morgan fingerprint density at radius 1 is 1.16 bits per heavy atom. The zero-order valence-corrected chi connectivity index (χ0v) is 19.7. The van der Waals surface area contributed by atoms with Crippen LogP contribution >= 0.6 is 11.6 Å². The fourth-order valence-electron chi connectivity index (χ4n) is 3.92. The topological polar surface area (TPSA) is 75.7 Å². The number of nitrogens with zero attached hydrogens (tertiary/aromatic N) is 1. The lowest BCUT2D eigenvalue weighted by Gasteiger charge is -2.37. The van der Waals surface area contributed by atoms with Crippen LogP contribution in [0.2, 0.25) is 5.02 Å². The molecule has 0 heterocycles. The summed E-state index contributed by atoms with van der Waals surface area (Å²) in [5.41, 5.74) is 0.692. The smallest absolute Gasteiger partial charge is 0.264 e. The van der Waals surface area contributed by atoms with Crippen LogP contribution in [0.4, 0.5) is 10.1 Å². The van der Waals surface area contributed by atoms with Crippen LogP contribution in [0.15, 0.2) is 53.4 Å². The summed E-state index contributed by atoms with van der Waals surface area (Å²) in [6.07, 6.45) is 0.935. The highest BCUT2D eigenvalue weighted by molar-refractivity contribution is 7.92. The molecule has 0 aromatic heterocycles. The molecular formula is C23H28ClFN2O4S. The monoisotopic (exact) mass is 482 g/mol. The summed E-state index contributed by atoms with van der Waals surface area (Å²) < 4.78 is 48.2. The summed E-state index contributed by atoms with van der Waals surface area (Å²) in [4.78, 5) is 12.5. The summed E-state index contributed by atoms with van der Waals surface area (Å²) in [7, 11) is -2.49. The van der Waals surface area contributed by atoms with Crippen molar-refractivity contribution < 1.29 is 22.3 Å². The third-order valence-electron chi connectivity index (χ3n) is 5.50. The van der Waals surface area contributed by atoms with Crippen LogP contribution in [0.5, 0.6) is 0 Å². The molecule has 1 N–H and O–H groups in total. The fraction of sp³-hybridized carbons (Fsp3) is 0.435. The summed E-state index contributed by atoms with van der Waals surface area (Å²) >= 11 is 5.92. The molecule has 174 valence electrons. The van der Waals surface area contributed by atoms with Gasteiger partial charge in [-0.2, -0.15) is 0 Å². The summed E-state index contributed by atoms with van der Waals surface area (Å²) in [5.74, 6) is -0.297. The van der Waals surface area contributed by atoms with E-state index in [1.54, 1.807) is 31.4 Å². The van der Waals surface area contributed by atoms with Gasteiger partial charge in [0.05, 0.1) is 23.2 Å². The molecular weight excluding hydrogens is 455 g/mol. The predicted octanol–water partition coefficient (Wildman–Crippen LogP) is 4.58. The van der Waals surface area contributed by atoms with Crippen LogP contribution < -0.4 is 9.62 Å². The van der Waals surface area contributed by atoms with Crippen LogP contribution in [-0.2, 0) is 14.8 Å². The van der Waals surface area contributed by atoms with Crippen LogP contribution in [0.1, 0.15) is 43.0 Å². The second-order valence-corrected chi connectivity index (χ2v) is 10.3. The quantitative estimate of drug-likeness (QED) is 0.597. The van der Waals surface area contributed by atoms with Gasteiger partial charge in [-0.05, 0) is 68.3 Å². The summed E-state index contributed by atoms with van der Waals surface area (Å²) in [5, 5.41) is 3.22. The molecule has 3 rings (SSSR count). The first-order chi connectivity index (χ1) is 15.2. The summed E-state index contributed by atoms with van der Waals surface area (Å²) in [6, 6.07) is 11.0. The Morgan fingerprint density at radius 3 is 2.38 bits per heavy atom. The highest BCUT2D eigenvalue weighted by Gasteiger charge is 2.38. The third-order valence-corrected chi connectivity index (χ3v) is 7.62. The first kappa shape index (κ1) is 24.5. The zero-order chi connectivity index (χ0) is 23.3. The minimum absolute atomic E-state index is 0.0369. The van der Waals surface area contributed by atoms with E-state index in [4.69, 9.17) is 16.3 Å². The van der Waals surface area contributed by atoms with Crippen LogP contribution in [0.25, 0.3) is 0 Å². The number of rotatable bonds is 8. The van der Waals surface area contributed by atoms with E-state index in [2.05, 4.69) is 5.32 Å². The van der Waals surface area contributed by atoms with Gasteiger partial charge in [0.15, 0.2) is 0 Å². The number of amides is 1. The number of sulfonamides is 1. The Balaban J connectivity index is 1.95. The molecule has 32 heavy (non-hydrogen) atoms. The van der Waals surface area contributed by atoms with E-state index < -0.39 is 22.2 Å². The van der Waals surface area contributed by atoms with Crippen molar-refractivity contribution in [1.29, 1.82) is 0 Å². The number of ether oxygens (including phenoxy) is 1. The molecule has 1 aliphatic rings. The van der Waals surface area contributed by atoms with E-state index in [9.17, 15) is 17.6 Å². The second-order valence-electron chi connectivity index (χ2n) is 8.00. The van der Waals surface area contributed by atoms with Gasteiger partial charge in [0.25, 0.3) is 15.9 Å². The van der Waals surface area contributed by atoms with E-state index in [-0.39, 0.29) is 16.8 Å². The van der Waals surface area contributed by atoms with E-state index in [0.717, 1.165) is 17.1 Å². The molecule has 3 atom stereocenters. The van der Waals surface area contributed by atoms with Gasteiger partial charge in [0.1, 0.15) is 6.17 Å². The number of benzene rings is 2. The van der Waals surface area contributed by atoms with Gasteiger partial charge in [-0.3, -0.25) is 9.10 Å². The maximum absolute atomic E-state index is 14.9. The Kier molecular flexibility index (Phi) is 8.14. The largest absolute Gasteiger partial charge is 0.383 e. The SMILES string of the molecule is COCC(C)NC(=O)c1ccc(N(C2CCCCC2F)S(=O)(=O)c2ccc(Cl)cc2)cc1. The molecule has 1 aliphatic carbocycles. The number of hydrogen-bond acceptors (Lipinski definition) is 4. The lowest BCUT2D eigenvalue weighted by molar-refractivity contribution is 0.0905. The molecule has 1 amide bonds. The molecule has 1 fully saturated rings. The second kappa shape index (κ2) is 10.6. The molecule has 1 saturated carbocycles. The maximum atomic E-state index is 14.9. The van der Waals surface area contributed by atoms with Gasteiger partial charge in [-0.1, -0.05) is 24.4 Å². The minimum Gasteiger partial charge on any atom is -0.383 e. The van der Waals surface area contributed by atoms with E-state index in [0.29, 0.717) is 35.7 Å². The number of anilines is 1. The lowest BCUT2D eigenvalue weighted by Crippen LogP contribution is -2.47. The number of hydrogen-bond donors (Lipinski definition) is 1. The van der Waals surface area contributed by atoms with Gasteiger partial charge in [0, 0.05) is 23.7 Å². The van der Waals surface area contributed by atoms with E-state index in [1.165, 1.54) is 24.3 Å².